The number of sulfonamides is 1. The maximum absolute atomic E-state index is 12.5. The van der Waals surface area contributed by atoms with E-state index in [1.165, 1.54) is 17.4 Å². The number of aromatic nitrogens is 2. The molecule has 0 bridgehead atoms. The second-order valence-electron chi connectivity index (χ2n) is 6.60. The van der Waals surface area contributed by atoms with Crippen LogP contribution in [0.4, 0.5) is 0 Å². The molecular formula is C21H21N3O5S2. The third kappa shape index (κ3) is 5.97. The highest BCUT2D eigenvalue weighted by Gasteiger charge is 2.19. The van der Waals surface area contributed by atoms with Crippen molar-refractivity contribution < 1.29 is 22.7 Å². The molecule has 0 aliphatic carbocycles. The summed E-state index contributed by atoms with van der Waals surface area (Å²) in [5.74, 6) is -1.23. The Kier molecular flexibility index (Phi) is 7.16. The summed E-state index contributed by atoms with van der Waals surface area (Å²) in [4.78, 5) is 28.7. The number of hydrogen-bond donors (Lipinski definition) is 1. The zero-order valence-electron chi connectivity index (χ0n) is 16.9. The van der Waals surface area contributed by atoms with Gasteiger partial charge in [0, 0.05) is 33.9 Å². The molecule has 3 rings (SSSR count). The first kappa shape index (κ1) is 22.6. The van der Waals surface area contributed by atoms with Crippen molar-refractivity contribution in [1.29, 1.82) is 0 Å². The van der Waals surface area contributed by atoms with Gasteiger partial charge in [0.15, 0.2) is 11.7 Å². The third-order valence-electron chi connectivity index (χ3n) is 4.36. The van der Waals surface area contributed by atoms with Crippen molar-refractivity contribution in [3.05, 3.63) is 75.9 Å². The van der Waals surface area contributed by atoms with Crippen LogP contribution < -0.4 is 4.72 Å². The van der Waals surface area contributed by atoms with E-state index in [9.17, 15) is 18.0 Å². The molecule has 0 fully saturated rings. The van der Waals surface area contributed by atoms with Gasteiger partial charge in [-0.15, -0.1) is 11.3 Å². The first-order valence-corrected chi connectivity index (χ1v) is 11.7. The SMILES string of the molecule is Cc1cc(C(=O)COC(=O)CNS(=O)(=O)/C=C/c2ccccc2)c(C)n1-c1nccs1. The number of Topliss-reactive ketones (excluding diaryl/α,β-unsaturated/α-hetero) is 1. The summed E-state index contributed by atoms with van der Waals surface area (Å²) in [5, 5.41) is 3.55. The van der Waals surface area contributed by atoms with Crippen LogP contribution >= 0.6 is 11.3 Å². The van der Waals surface area contributed by atoms with Crippen LogP contribution in [0.15, 0.2) is 53.4 Å². The molecule has 1 N–H and O–H groups in total. The summed E-state index contributed by atoms with van der Waals surface area (Å²) in [6, 6.07) is 10.6. The average Bonchev–Trinajstić information content (AvgIpc) is 3.37. The number of nitrogens with zero attached hydrogens (tertiary/aromatic N) is 2. The Hall–Kier alpha value is -3.08. The van der Waals surface area contributed by atoms with Crippen LogP contribution in [-0.2, 0) is 19.6 Å². The molecule has 162 valence electrons. The molecule has 0 aliphatic rings. The first-order chi connectivity index (χ1) is 14.8. The molecule has 31 heavy (non-hydrogen) atoms. The van der Waals surface area contributed by atoms with Crippen molar-refractivity contribution in [2.24, 2.45) is 0 Å². The van der Waals surface area contributed by atoms with Gasteiger partial charge in [0.25, 0.3) is 0 Å². The van der Waals surface area contributed by atoms with Gasteiger partial charge in [-0.05, 0) is 31.6 Å². The predicted molar refractivity (Wildman–Crippen MR) is 119 cm³/mol. The van der Waals surface area contributed by atoms with Gasteiger partial charge in [-0.2, -0.15) is 0 Å². The van der Waals surface area contributed by atoms with E-state index in [1.54, 1.807) is 43.5 Å². The highest BCUT2D eigenvalue weighted by molar-refractivity contribution is 7.92. The molecule has 0 saturated heterocycles. The number of thiazole rings is 1. The monoisotopic (exact) mass is 459 g/mol. The molecule has 3 aromatic rings. The molecule has 0 atom stereocenters. The first-order valence-electron chi connectivity index (χ1n) is 9.27. The van der Waals surface area contributed by atoms with Gasteiger partial charge in [-0.1, -0.05) is 30.3 Å². The van der Waals surface area contributed by atoms with E-state index >= 15 is 0 Å². The lowest BCUT2D eigenvalue weighted by Gasteiger charge is -2.07. The van der Waals surface area contributed by atoms with Crippen molar-refractivity contribution in [2.75, 3.05) is 13.2 Å². The van der Waals surface area contributed by atoms with Crippen LogP contribution in [0, 0.1) is 13.8 Å². The van der Waals surface area contributed by atoms with E-state index in [1.807, 2.05) is 22.9 Å². The van der Waals surface area contributed by atoms with Crippen molar-refractivity contribution in [1.82, 2.24) is 14.3 Å². The Morgan fingerprint density at radius 1 is 1.23 bits per heavy atom. The number of ether oxygens (including phenoxy) is 1. The van der Waals surface area contributed by atoms with E-state index in [0.717, 1.165) is 16.2 Å². The van der Waals surface area contributed by atoms with Gasteiger partial charge < -0.3 is 4.74 Å². The summed E-state index contributed by atoms with van der Waals surface area (Å²) in [5.41, 5.74) is 2.66. The van der Waals surface area contributed by atoms with Gasteiger partial charge in [0.1, 0.15) is 6.54 Å². The van der Waals surface area contributed by atoms with E-state index in [0.29, 0.717) is 16.8 Å². The van der Waals surface area contributed by atoms with Gasteiger partial charge in [0.05, 0.1) is 0 Å². The number of ketones is 1. The van der Waals surface area contributed by atoms with Crippen LogP contribution in [0.1, 0.15) is 27.3 Å². The number of esters is 1. The Balaban J connectivity index is 1.53. The molecule has 0 amide bonds. The van der Waals surface area contributed by atoms with Gasteiger partial charge >= 0.3 is 5.97 Å². The molecule has 0 aliphatic heterocycles. The standard InChI is InChI=1S/C21H21N3O5S2/c1-15-12-18(16(2)24(15)21-22-9-10-30-21)19(25)14-29-20(26)13-23-31(27,28)11-8-17-6-4-3-5-7-17/h3-12,23H,13-14H2,1-2H3/b11-8+. The molecule has 0 saturated carbocycles. The molecule has 0 spiro atoms. The minimum absolute atomic E-state index is 0.379. The van der Waals surface area contributed by atoms with Crippen molar-refractivity contribution in [3.63, 3.8) is 0 Å². The number of carbonyl (C=O) groups excluding carboxylic acids is 2. The smallest absolute Gasteiger partial charge is 0.321 e. The summed E-state index contributed by atoms with van der Waals surface area (Å²) in [6.45, 7) is 2.58. The molecule has 2 heterocycles. The van der Waals surface area contributed by atoms with Gasteiger partial charge in [-0.25, -0.2) is 18.1 Å². The molecule has 1 aromatic carbocycles. The number of nitrogens with one attached hydrogen (secondary N) is 1. The Morgan fingerprint density at radius 2 is 1.97 bits per heavy atom. The van der Waals surface area contributed by atoms with Crippen molar-refractivity contribution in [3.8, 4) is 5.13 Å². The molecule has 2 aromatic heterocycles. The van der Waals surface area contributed by atoms with E-state index in [2.05, 4.69) is 9.71 Å². The normalized spacial score (nSPS) is 11.7. The van der Waals surface area contributed by atoms with Crippen LogP contribution in [0.2, 0.25) is 0 Å². The summed E-state index contributed by atoms with van der Waals surface area (Å²) < 4.78 is 32.9. The minimum Gasteiger partial charge on any atom is -0.456 e. The predicted octanol–water partition coefficient (Wildman–Crippen LogP) is 2.87. The van der Waals surface area contributed by atoms with E-state index in [4.69, 9.17) is 4.74 Å². The molecule has 0 unspecified atom stereocenters. The van der Waals surface area contributed by atoms with Crippen LogP contribution in [-0.4, -0.2) is 42.9 Å². The van der Waals surface area contributed by atoms with E-state index in [-0.39, 0.29) is 5.78 Å². The lowest BCUT2D eigenvalue weighted by Crippen LogP contribution is -2.30. The highest BCUT2D eigenvalue weighted by Crippen LogP contribution is 2.22. The number of rotatable bonds is 9. The highest BCUT2D eigenvalue weighted by atomic mass is 32.2. The maximum Gasteiger partial charge on any atom is 0.321 e. The third-order valence-corrected chi connectivity index (χ3v) is 6.16. The second kappa shape index (κ2) is 9.82. The zero-order chi connectivity index (χ0) is 22.4. The number of aryl methyl sites for hydroxylation is 1. The molecular weight excluding hydrogens is 438 g/mol. The maximum atomic E-state index is 12.5. The Morgan fingerprint density at radius 3 is 2.65 bits per heavy atom. The molecule has 8 nitrogen and oxygen atoms in total. The fourth-order valence-corrected chi connectivity index (χ4v) is 4.38. The molecule has 10 heteroatoms. The summed E-state index contributed by atoms with van der Waals surface area (Å²) >= 11 is 1.44. The number of carbonyl (C=O) groups is 2. The van der Waals surface area contributed by atoms with E-state index < -0.39 is 29.1 Å². The van der Waals surface area contributed by atoms with Crippen LogP contribution in [0.5, 0.6) is 0 Å². The zero-order valence-corrected chi connectivity index (χ0v) is 18.6. The van der Waals surface area contributed by atoms with Gasteiger partial charge in [0.2, 0.25) is 15.8 Å². The topological polar surface area (TPSA) is 107 Å². The fraction of sp³-hybridized carbons (Fsp3) is 0.190. The fourth-order valence-electron chi connectivity index (χ4n) is 2.88. The largest absolute Gasteiger partial charge is 0.456 e. The van der Waals surface area contributed by atoms with Crippen molar-refractivity contribution >= 4 is 39.2 Å². The average molecular weight is 460 g/mol. The van der Waals surface area contributed by atoms with Gasteiger partial charge in [-0.3, -0.25) is 14.2 Å². The van der Waals surface area contributed by atoms with Crippen molar-refractivity contribution in [2.45, 2.75) is 13.8 Å². The lowest BCUT2D eigenvalue weighted by atomic mass is 10.1. The Labute approximate surface area is 184 Å². The van der Waals surface area contributed by atoms with Crippen LogP contribution in [0.3, 0.4) is 0 Å². The minimum atomic E-state index is -3.83. The molecule has 0 radical (unpaired) electrons. The lowest BCUT2D eigenvalue weighted by molar-refractivity contribution is -0.141. The quantitative estimate of drug-likeness (QED) is 0.389. The number of hydrogen-bond acceptors (Lipinski definition) is 7. The second-order valence-corrected chi connectivity index (χ2v) is 9.12. The van der Waals surface area contributed by atoms with Crippen LogP contribution in [0.25, 0.3) is 11.2 Å². The number of benzene rings is 1. The Bertz CT molecular complexity index is 1200. The summed E-state index contributed by atoms with van der Waals surface area (Å²) in [6.07, 6.45) is 3.09. The summed E-state index contributed by atoms with van der Waals surface area (Å²) in [7, 11) is -3.83.